The van der Waals surface area contributed by atoms with Crippen molar-refractivity contribution in [2.24, 2.45) is 0 Å². The van der Waals surface area contributed by atoms with Crippen LogP contribution in [-0.2, 0) is 11.2 Å². The molecule has 0 unspecified atom stereocenters. The molecule has 1 heterocycles. The summed E-state index contributed by atoms with van der Waals surface area (Å²) < 4.78 is 1.11. The number of carbonyl (C=O) groups is 1. The lowest BCUT2D eigenvalue weighted by Crippen LogP contribution is -2.26. The highest BCUT2D eigenvalue weighted by molar-refractivity contribution is 7.22. The lowest BCUT2D eigenvalue weighted by molar-refractivity contribution is -0.118. The van der Waals surface area contributed by atoms with Gasteiger partial charge in [0.2, 0.25) is 5.91 Å². The van der Waals surface area contributed by atoms with Crippen LogP contribution in [0.3, 0.4) is 0 Å². The fraction of sp³-hybridized carbons (Fsp3) is 0.176. The molecule has 0 N–H and O–H groups in total. The van der Waals surface area contributed by atoms with Gasteiger partial charge < -0.3 is 0 Å². The number of hydrogen-bond acceptors (Lipinski definition) is 3. The Labute approximate surface area is 127 Å². The maximum absolute atomic E-state index is 12.3. The van der Waals surface area contributed by atoms with Crippen molar-refractivity contribution in [2.45, 2.75) is 12.8 Å². The van der Waals surface area contributed by atoms with Gasteiger partial charge in [-0.25, -0.2) is 4.98 Å². The van der Waals surface area contributed by atoms with Crippen molar-refractivity contribution < 1.29 is 4.79 Å². The predicted octanol–water partition coefficient (Wildman–Crippen LogP) is 3.89. The predicted molar refractivity (Wildman–Crippen MR) is 87.8 cm³/mol. The molecule has 4 heteroatoms. The van der Waals surface area contributed by atoms with E-state index in [0.29, 0.717) is 6.42 Å². The number of para-hydroxylation sites is 1. The van der Waals surface area contributed by atoms with Gasteiger partial charge in [-0.3, -0.25) is 9.69 Å². The standard InChI is InChI=1S/C17H16N2OS/c1-19(16(20)12-11-13-7-3-2-4-8-13)17-18-14-9-5-6-10-15(14)21-17/h2-10H,11-12H2,1H3. The summed E-state index contributed by atoms with van der Waals surface area (Å²) in [7, 11) is 1.80. The molecule has 0 spiro atoms. The summed E-state index contributed by atoms with van der Waals surface area (Å²) in [5, 5.41) is 0.759. The summed E-state index contributed by atoms with van der Waals surface area (Å²) in [6.45, 7) is 0. The van der Waals surface area contributed by atoms with Crippen molar-refractivity contribution in [2.75, 3.05) is 11.9 Å². The van der Waals surface area contributed by atoms with E-state index in [1.54, 1.807) is 23.3 Å². The molecule has 3 nitrogen and oxygen atoms in total. The van der Waals surface area contributed by atoms with Crippen molar-refractivity contribution in [1.82, 2.24) is 4.98 Å². The van der Waals surface area contributed by atoms with E-state index < -0.39 is 0 Å². The zero-order valence-corrected chi connectivity index (χ0v) is 12.6. The van der Waals surface area contributed by atoms with Crippen molar-refractivity contribution in [3.8, 4) is 0 Å². The number of fused-ring (bicyclic) bond motifs is 1. The molecular formula is C17H16N2OS. The number of benzene rings is 2. The zero-order valence-electron chi connectivity index (χ0n) is 11.8. The van der Waals surface area contributed by atoms with Crippen LogP contribution in [0.25, 0.3) is 10.2 Å². The summed E-state index contributed by atoms with van der Waals surface area (Å²) in [5.74, 6) is 0.0953. The zero-order chi connectivity index (χ0) is 14.7. The van der Waals surface area contributed by atoms with Gasteiger partial charge >= 0.3 is 0 Å². The summed E-state index contributed by atoms with van der Waals surface area (Å²) in [4.78, 5) is 18.5. The Morgan fingerprint density at radius 2 is 1.81 bits per heavy atom. The first kappa shape index (κ1) is 13.8. The van der Waals surface area contributed by atoms with Crippen LogP contribution in [0, 0.1) is 0 Å². The summed E-state index contributed by atoms with van der Waals surface area (Å²) >= 11 is 1.55. The minimum absolute atomic E-state index is 0.0953. The van der Waals surface area contributed by atoms with Crippen LogP contribution in [0.1, 0.15) is 12.0 Å². The summed E-state index contributed by atoms with van der Waals surface area (Å²) in [6, 6.07) is 18.0. The Balaban J connectivity index is 1.69. The number of thiazole rings is 1. The van der Waals surface area contributed by atoms with E-state index in [1.807, 2.05) is 54.6 Å². The van der Waals surface area contributed by atoms with E-state index >= 15 is 0 Å². The molecule has 0 aliphatic heterocycles. The SMILES string of the molecule is CN(C(=O)CCc1ccccc1)c1nc2ccccc2s1. The average Bonchev–Trinajstić information content (AvgIpc) is 2.97. The third-order valence-electron chi connectivity index (χ3n) is 3.41. The van der Waals surface area contributed by atoms with Crippen LogP contribution >= 0.6 is 11.3 Å². The first-order chi connectivity index (χ1) is 10.2. The second-order valence-electron chi connectivity index (χ2n) is 4.90. The highest BCUT2D eigenvalue weighted by Gasteiger charge is 2.14. The Kier molecular flexibility index (Phi) is 3.97. The molecule has 0 atom stereocenters. The molecular weight excluding hydrogens is 280 g/mol. The number of amides is 1. The van der Waals surface area contributed by atoms with Crippen LogP contribution in [-0.4, -0.2) is 17.9 Å². The van der Waals surface area contributed by atoms with Crippen molar-refractivity contribution >= 4 is 32.6 Å². The van der Waals surface area contributed by atoms with Gasteiger partial charge in [-0.1, -0.05) is 53.8 Å². The number of aromatic nitrogens is 1. The third kappa shape index (κ3) is 3.11. The Morgan fingerprint density at radius 3 is 2.57 bits per heavy atom. The maximum atomic E-state index is 12.3. The van der Waals surface area contributed by atoms with E-state index in [0.717, 1.165) is 21.8 Å². The lowest BCUT2D eigenvalue weighted by atomic mass is 10.1. The van der Waals surface area contributed by atoms with Gasteiger partial charge in [0.25, 0.3) is 0 Å². The molecule has 0 radical (unpaired) electrons. The van der Waals surface area contributed by atoms with E-state index in [1.165, 1.54) is 5.56 Å². The van der Waals surface area contributed by atoms with Gasteiger partial charge in [0.05, 0.1) is 10.2 Å². The second kappa shape index (κ2) is 6.06. The number of hydrogen-bond donors (Lipinski definition) is 0. The number of rotatable bonds is 4. The van der Waals surface area contributed by atoms with Gasteiger partial charge in [-0.2, -0.15) is 0 Å². The molecule has 3 rings (SSSR count). The summed E-state index contributed by atoms with van der Waals surface area (Å²) in [5.41, 5.74) is 2.13. The number of anilines is 1. The van der Waals surface area contributed by atoms with Crippen LogP contribution in [0.5, 0.6) is 0 Å². The van der Waals surface area contributed by atoms with E-state index in [-0.39, 0.29) is 5.91 Å². The largest absolute Gasteiger partial charge is 0.291 e. The highest BCUT2D eigenvalue weighted by atomic mass is 32.1. The minimum Gasteiger partial charge on any atom is -0.291 e. The van der Waals surface area contributed by atoms with Crippen molar-refractivity contribution in [3.63, 3.8) is 0 Å². The maximum Gasteiger partial charge on any atom is 0.228 e. The number of nitrogens with zero attached hydrogens (tertiary/aromatic N) is 2. The van der Waals surface area contributed by atoms with Gasteiger partial charge in [0.15, 0.2) is 5.13 Å². The van der Waals surface area contributed by atoms with E-state index in [9.17, 15) is 4.79 Å². The van der Waals surface area contributed by atoms with Crippen LogP contribution in [0.2, 0.25) is 0 Å². The summed E-state index contributed by atoms with van der Waals surface area (Å²) in [6.07, 6.45) is 1.26. The monoisotopic (exact) mass is 296 g/mol. The van der Waals surface area contributed by atoms with Gasteiger partial charge in [0.1, 0.15) is 0 Å². The Hall–Kier alpha value is -2.20. The fourth-order valence-corrected chi connectivity index (χ4v) is 3.12. The van der Waals surface area contributed by atoms with Gasteiger partial charge in [0, 0.05) is 13.5 Å². The second-order valence-corrected chi connectivity index (χ2v) is 5.91. The molecule has 1 aromatic heterocycles. The molecule has 0 aliphatic rings. The van der Waals surface area contributed by atoms with Gasteiger partial charge in [-0.05, 0) is 24.1 Å². The molecule has 0 bridgehead atoms. The van der Waals surface area contributed by atoms with Crippen molar-refractivity contribution in [3.05, 3.63) is 60.2 Å². The Morgan fingerprint density at radius 1 is 1.10 bits per heavy atom. The molecule has 3 aromatic rings. The molecule has 0 saturated carbocycles. The number of carbonyl (C=O) groups excluding carboxylic acids is 1. The number of aryl methyl sites for hydroxylation is 1. The van der Waals surface area contributed by atoms with E-state index in [4.69, 9.17) is 0 Å². The quantitative estimate of drug-likeness (QED) is 0.731. The first-order valence-electron chi connectivity index (χ1n) is 6.90. The molecule has 106 valence electrons. The fourth-order valence-electron chi connectivity index (χ4n) is 2.17. The normalized spacial score (nSPS) is 10.7. The molecule has 0 fully saturated rings. The highest BCUT2D eigenvalue weighted by Crippen LogP contribution is 2.28. The lowest BCUT2D eigenvalue weighted by Gasteiger charge is -2.13. The molecule has 0 aliphatic carbocycles. The first-order valence-corrected chi connectivity index (χ1v) is 7.72. The van der Waals surface area contributed by atoms with E-state index in [2.05, 4.69) is 4.98 Å². The third-order valence-corrected chi connectivity index (χ3v) is 4.53. The van der Waals surface area contributed by atoms with Crippen LogP contribution < -0.4 is 4.90 Å². The molecule has 21 heavy (non-hydrogen) atoms. The minimum atomic E-state index is 0.0953. The van der Waals surface area contributed by atoms with Crippen molar-refractivity contribution in [1.29, 1.82) is 0 Å². The van der Waals surface area contributed by atoms with Crippen LogP contribution in [0.4, 0.5) is 5.13 Å². The molecule has 1 amide bonds. The molecule has 0 saturated heterocycles. The Bertz CT molecular complexity index is 719. The average molecular weight is 296 g/mol. The topological polar surface area (TPSA) is 33.2 Å². The molecule has 2 aromatic carbocycles. The smallest absolute Gasteiger partial charge is 0.228 e. The van der Waals surface area contributed by atoms with Crippen LogP contribution in [0.15, 0.2) is 54.6 Å². The van der Waals surface area contributed by atoms with Gasteiger partial charge in [-0.15, -0.1) is 0 Å².